The molecule has 1 aliphatic carbocycles. The van der Waals surface area contributed by atoms with Crippen molar-refractivity contribution in [2.45, 2.75) is 32.1 Å². The molecule has 2 heteroatoms. The molecule has 0 saturated heterocycles. The van der Waals surface area contributed by atoms with Crippen LogP contribution in [0, 0.1) is 5.82 Å². The molecule has 1 N–H and O–H groups in total. The third kappa shape index (κ3) is 1.76. The van der Waals surface area contributed by atoms with Crippen molar-refractivity contribution in [2.24, 2.45) is 0 Å². The zero-order chi connectivity index (χ0) is 12.7. The standard InChI is InChI=1S/C16H18FN/c1-3-13-14(17)7-6-11-8-12(10-4-5-10)9-15(18-2)16(11)13/h6-10,18H,3-5H2,1-2H3. The van der Waals surface area contributed by atoms with Crippen LogP contribution >= 0.6 is 0 Å². The first-order chi connectivity index (χ1) is 8.74. The fraction of sp³-hybridized carbons (Fsp3) is 0.375. The van der Waals surface area contributed by atoms with E-state index in [0.29, 0.717) is 0 Å². The highest BCUT2D eigenvalue weighted by molar-refractivity contribution is 5.97. The number of hydrogen-bond acceptors (Lipinski definition) is 1. The normalized spacial score (nSPS) is 15.1. The van der Waals surface area contributed by atoms with Crippen LogP contribution in [0.4, 0.5) is 10.1 Å². The van der Waals surface area contributed by atoms with Crippen LogP contribution in [0.25, 0.3) is 10.8 Å². The SMILES string of the molecule is CCc1c(F)ccc2cc(C3CC3)cc(NC)c12. The number of hydrogen-bond donors (Lipinski definition) is 1. The molecule has 1 nitrogen and oxygen atoms in total. The van der Waals surface area contributed by atoms with Crippen molar-refractivity contribution in [3.63, 3.8) is 0 Å². The van der Waals surface area contributed by atoms with Crippen LogP contribution in [-0.2, 0) is 6.42 Å². The van der Waals surface area contributed by atoms with E-state index in [1.807, 2.05) is 20.0 Å². The van der Waals surface area contributed by atoms with Gasteiger partial charge >= 0.3 is 0 Å². The molecule has 2 aromatic rings. The van der Waals surface area contributed by atoms with Crippen molar-refractivity contribution >= 4 is 16.5 Å². The van der Waals surface area contributed by atoms with Crippen LogP contribution < -0.4 is 5.32 Å². The smallest absolute Gasteiger partial charge is 0.127 e. The van der Waals surface area contributed by atoms with E-state index in [-0.39, 0.29) is 5.82 Å². The number of rotatable bonds is 3. The molecule has 0 spiro atoms. The number of benzene rings is 2. The van der Waals surface area contributed by atoms with Gasteiger partial charge in [-0.2, -0.15) is 0 Å². The van der Waals surface area contributed by atoms with E-state index >= 15 is 0 Å². The molecule has 0 atom stereocenters. The zero-order valence-corrected chi connectivity index (χ0v) is 10.9. The Labute approximate surface area is 107 Å². The minimum Gasteiger partial charge on any atom is -0.388 e. The van der Waals surface area contributed by atoms with E-state index in [4.69, 9.17) is 0 Å². The summed E-state index contributed by atoms with van der Waals surface area (Å²) in [6.07, 6.45) is 3.30. The lowest BCUT2D eigenvalue weighted by atomic mass is 9.96. The Kier molecular flexibility index (Phi) is 2.73. The third-order valence-corrected chi connectivity index (χ3v) is 3.86. The summed E-state index contributed by atoms with van der Waals surface area (Å²) in [6, 6.07) is 7.92. The van der Waals surface area contributed by atoms with Crippen LogP contribution in [0.5, 0.6) is 0 Å². The minimum absolute atomic E-state index is 0.0966. The van der Waals surface area contributed by atoms with Crippen LogP contribution in [0.3, 0.4) is 0 Å². The van der Waals surface area contributed by atoms with Gasteiger partial charge in [0, 0.05) is 18.1 Å². The molecule has 0 bridgehead atoms. The van der Waals surface area contributed by atoms with Crippen LogP contribution in [0.1, 0.15) is 36.8 Å². The first-order valence-electron chi connectivity index (χ1n) is 6.67. The Morgan fingerprint density at radius 1 is 1.28 bits per heavy atom. The second-order valence-corrected chi connectivity index (χ2v) is 5.07. The molecule has 0 heterocycles. The maximum absolute atomic E-state index is 13.9. The van der Waals surface area contributed by atoms with Gasteiger partial charge in [0.2, 0.25) is 0 Å². The van der Waals surface area contributed by atoms with Crippen LogP contribution in [0.2, 0.25) is 0 Å². The van der Waals surface area contributed by atoms with Gasteiger partial charge in [-0.25, -0.2) is 4.39 Å². The molecular formula is C16H18FN. The molecule has 1 saturated carbocycles. The fourth-order valence-corrected chi connectivity index (χ4v) is 2.73. The second kappa shape index (κ2) is 4.27. The van der Waals surface area contributed by atoms with E-state index in [1.54, 1.807) is 6.07 Å². The van der Waals surface area contributed by atoms with Gasteiger partial charge < -0.3 is 5.32 Å². The van der Waals surface area contributed by atoms with Crippen molar-refractivity contribution < 1.29 is 4.39 Å². The van der Waals surface area contributed by atoms with Crippen molar-refractivity contribution in [3.8, 4) is 0 Å². The van der Waals surface area contributed by atoms with Gasteiger partial charge in [-0.05, 0) is 53.8 Å². The molecule has 3 rings (SSSR count). The summed E-state index contributed by atoms with van der Waals surface area (Å²) in [4.78, 5) is 0. The van der Waals surface area contributed by atoms with Crippen molar-refractivity contribution in [1.82, 2.24) is 0 Å². The summed E-state index contributed by atoms with van der Waals surface area (Å²) < 4.78 is 13.9. The number of halogens is 1. The molecule has 0 aromatic heterocycles. The maximum atomic E-state index is 13.9. The van der Waals surface area contributed by atoms with Crippen molar-refractivity contribution in [2.75, 3.05) is 12.4 Å². The Bertz CT molecular complexity index is 600. The lowest BCUT2D eigenvalue weighted by molar-refractivity contribution is 0.615. The monoisotopic (exact) mass is 243 g/mol. The molecule has 94 valence electrons. The van der Waals surface area contributed by atoms with E-state index < -0.39 is 0 Å². The van der Waals surface area contributed by atoms with E-state index in [0.717, 1.165) is 34.4 Å². The van der Waals surface area contributed by atoms with Crippen molar-refractivity contribution in [3.05, 3.63) is 41.2 Å². The molecular weight excluding hydrogens is 225 g/mol. The first kappa shape index (κ1) is 11.5. The molecule has 1 fully saturated rings. The Morgan fingerprint density at radius 2 is 2.06 bits per heavy atom. The zero-order valence-electron chi connectivity index (χ0n) is 10.9. The average Bonchev–Trinajstić information content (AvgIpc) is 3.22. The lowest BCUT2D eigenvalue weighted by Gasteiger charge is -2.13. The average molecular weight is 243 g/mol. The predicted molar refractivity (Wildman–Crippen MR) is 74.8 cm³/mol. The summed E-state index contributed by atoms with van der Waals surface area (Å²) >= 11 is 0. The Balaban J connectivity index is 2.31. The number of nitrogens with one attached hydrogen (secondary N) is 1. The van der Waals surface area contributed by atoms with Crippen molar-refractivity contribution in [1.29, 1.82) is 0 Å². The molecule has 0 amide bonds. The summed E-state index contributed by atoms with van der Waals surface area (Å²) in [7, 11) is 1.91. The van der Waals surface area contributed by atoms with E-state index in [9.17, 15) is 4.39 Å². The number of anilines is 1. The van der Waals surface area contributed by atoms with Gasteiger partial charge in [0.25, 0.3) is 0 Å². The summed E-state index contributed by atoms with van der Waals surface area (Å²) in [6.45, 7) is 2.01. The first-order valence-corrected chi connectivity index (χ1v) is 6.67. The molecule has 1 aliphatic rings. The summed E-state index contributed by atoms with van der Waals surface area (Å²) in [5, 5.41) is 5.43. The molecule has 0 radical (unpaired) electrons. The number of aryl methyl sites for hydroxylation is 1. The maximum Gasteiger partial charge on any atom is 0.127 e. The molecule has 2 aromatic carbocycles. The molecule has 0 aliphatic heterocycles. The molecule has 18 heavy (non-hydrogen) atoms. The molecule has 0 unspecified atom stereocenters. The Hall–Kier alpha value is -1.57. The minimum atomic E-state index is -0.0966. The summed E-state index contributed by atoms with van der Waals surface area (Å²) in [5.74, 6) is 0.623. The van der Waals surface area contributed by atoms with Crippen LogP contribution in [0.15, 0.2) is 24.3 Å². The quantitative estimate of drug-likeness (QED) is 0.839. The highest BCUT2D eigenvalue weighted by Crippen LogP contribution is 2.43. The largest absolute Gasteiger partial charge is 0.388 e. The van der Waals surface area contributed by atoms with Gasteiger partial charge in [0.05, 0.1) is 0 Å². The highest BCUT2D eigenvalue weighted by atomic mass is 19.1. The van der Waals surface area contributed by atoms with Gasteiger partial charge in [-0.1, -0.05) is 19.1 Å². The van der Waals surface area contributed by atoms with E-state index in [1.165, 1.54) is 18.4 Å². The lowest BCUT2D eigenvalue weighted by Crippen LogP contribution is -1.97. The Morgan fingerprint density at radius 3 is 2.67 bits per heavy atom. The third-order valence-electron chi connectivity index (χ3n) is 3.86. The van der Waals surface area contributed by atoms with Crippen LogP contribution in [-0.4, -0.2) is 7.05 Å². The van der Waals surface area contributed by atoms with Gasteiger partial charge in [0.1, 0.15) is 5.82 Å². The number of fused-ring (bicyclic) bond motifs is 1. The highest BCUT2D eigenvalue weighted by Gasteiger charge is 2.24. The summed E-state index contributed by atoms with van der Waals surface area (Å²) in [5.41, 5.74) is 3.27. The second-order valence-electron chi connectivity index (χ2n) is 5.07. The topological polar surface area (TPSA) is 12.0 Å². The van der Waals surface area contributed by atoms with Gasteiger partial charge in [-0.15, -0.1) is 0 Å². The van der Waals surface area contributed by atoms with E-state index in [2.05, 4.69) is 17.4 Å². The predicted octanol–water partition coefficient (Wildman–Crippen LogP) is 4.46. The van der Waals surface area contributed by atoms with Gasteiger partial charge in [-0.3, -0.25) is 0 Å². The fourth-order valence-electron chi connectivity index (χ4n) is 2.73. The van der Waals surface area contributed by atoms with Gasteiger partial charge in [0.15, 0.2) is 0 Å².